The maximum Gasteiger partial charge on any atom is 0.238 e. The molecule has 1 atom stereocenters. The van der Waals surface area contributed by atoms with Gasteiger partial charge in [0.2, 0.25) is 5.91 Å². The standard InChI is InChI=1S/C8H11BrN2O2/c1-5(2)7(9)8(12)11-6-3-10-13-4-6/h3-5,7H,1-2H3,(H,11,12). The molecule has 1 rings (SSSR count). The van der Waals surface area contributed by atoms with Crippen molar-refractivity contribution in [1.82, 2.24) is 5.16 Å². The fourth-order valence-corrected chi connectivity index (χ4v) is 0.895. The molecule has 0 aliphatic rings. The molecule has 5 heteroatoms. The van der Waals surface area contributed by atoms with Gasteiger partial charge in [-0.05, 0) is 5.92 Å². The van der Waals surface area contributed by atoms with Gasteiger partial charge in [-0.25, -0.2) is 0 Å². The highest BCUT2D eigenvalue weighted by atomic mass is 79.9. The molecule has 0 saturated carbocycles. The highest BCUT2D eigenvalue weighted by molar-refractivity contribution is 9.10. The molecule has 72 valence electrons. The van der Waals surface area contributed by atoms with Crippen LogP contribution in [0, 0.1) is 5.92 Å². The molecule has 0 saturated heterocycles. The summed E-state index contributed by atoms with van der Waals surface area (Å²) < 4.78 is 4.58. The van der Waals surface area contributed by atoms with Crippen LogP contribution in [-0.4, -0.2) is 15.9 Å². The summed E-state index contributed by atoms with van der Waals surface area (Å²) in [6, 6.07) is 0. The Balaban J connectivity index is 2.51. The first-order chi connectivity index (χ1) is 6.11. The Morgan fingerprint density at radius 2 is 2.38 bits per heavy atom. The molecular formula is C8H11BrN2O2. The van der Waals surface area contributed by atoms with Gasteiger partial charge in [0.25, 0.3) is 0 Å². The number of rotatable bonds is 3. The van der Waals surface area contributed by atoms with E-state index in [0.29, 0.717) is 5.69 Å². The van der Waals surface area contributed by atoms with E-state index in [-0.39, 0.29) is 16.7 Å². The van der Waals surface area contributed by atoms with Gasteiger partial charge in [0, 0.05) is 0 Å². The predicted octanol–water partition coefficient (Wildman–Crippen LogP) is 2.03. The number of anilines is 1. The molecule has 13 heavy (non-hydrogen) atoms. The summed E-state index contributed by atoms with van der Waals surface area (Å²) in [6.45, 7) is 3.93. The summed E-state index contributed by atoms with van der Waals surface area (Å²) in [6.07, 6.45) is 2.84. The Hall–Kier alpha value is -0.840. The molecule has 0 fully saturated rings. The van der Waals surface area contributed by atoms with Gasteiger partial charge in [0.1, 0.15) is 12.0 Å². The zero-order valence-corrected chi connectivity index (χ0v) is 9.04. The number of hydrogen-bond donors (Lipinski definition) is 1. The molecule has 1 unspecified atom stereocenters. The Morgan fingerprint density at radius 3 is 2.85 bits per heavy atom. The van der Waals surface area contributed by atoms with E-state index in [9.17, 15) is 4.79 Å². The SMILES string of the molecule is CC(C)C(Br)C(=O)Nc1cnoc1. The monoisotopic (exact) mass is 246 g/mol. The van der Waals surface area contributed by atoms with E-state index in [0.717, 1.165) is 0 Å². The van der Waals surface area contributed by atoms with E-state index < -0.39 is 0 Å². The van der Waals surface area contributed by atoms with Crippen molar-refractivity contribution in [3.63, 3.8) is 0 Å². The van der Waals surface area contributed by atoms with E-state index in [1.165, 1.54) is 12.5 Å². The van der Waals surface area contributed by atoms with Crippen LogP contribution in [0.2, 0.25) is 0 Å². The molecule has 1 aromatic rings. The molecule has 0 bridgehead atoms. The maximum absolute atomic E-state index is 11.4. The molecule has 0 aromatic carbocycles. The van der Waals surface area contributed by atoms with Gasteiger partial charge in [-0.3, -0.25) is 4.79 Å². The lowest BCUT2D eigenvalue weighted by Gasteiger charge is -2.11. The molecule has 0 spiro atoms. The number of carbonyl (C=O) groups is 1. The zero-order chi connectivity index (χ0) is 9.84. The first kappa shape index (κ1) is 10.2. The van der Waals surface area contributed by atoms with Crippen molar-refractivity contribution in [1.29, 1.82) is 0 Å². The van der Waals surface area contributed by atoms with Crippen molar-refractivity contribution in [2.75, 3.05) is 5.32 Å². The van der Waals surface area contributed by atoms with Crippen LogP contribution in [0.3, 0.4) is 0 Å². The molecule has 1 heterocycles. The van der Waals surface area contributed by atoms with Gasteiger partial charge in [-0.2, -0.15) is 0 Å². The van der Waals surface area contributed by atoms with Gasteiger partial charge < -0.3 is 9.84 Å². The van der Waals surface area contributed by atoms with Crippen molar-refractivity contribution in [3.8, 4) is 0 Å². The summed E-state index contributed by atoms with van der Waals surface area (Å²) in [5.41, 5.74) is 0.579. The van der Waals surface area contributed by atoms with Crippen LogP contribution in [0.1, 0.15) is 13.8 Å². The second kappa shape index (κ2) is 4.41. The normalized spacial score (nSPS) is 12.9. The fraction of sp³-hybridized carbons (Fsp3) is 0.500. The molecule has 0 radical (unpaired) electrons. The van der Waals surface area contributed by atoms with Crippen molar-refractivity contribution in [2.24, 2.45) is 5.92 Å². The number of hydrogen-bond acceptors (Lipinski definition) is 3. The third kappa shape index (κ3) is 2.84. The second-order valence-corrected chi connectivity index (χ2v) is 4.03. The number of nitrogens with one attached hydrogen (secondary N) is 1. The number of halogens is 1. The summed E-state index contributed by atoms with van der Waals surface area (Å²) in [5.74, 6) is 0.165. The van der Waals surface area contributed by atoms with Crippen LogP contribution in [0.4, 0.5) is 5.69 Å². The van der Waals surface area contributed by atoms with Crippen LogP contribution >= 0.6 is 15.9 Å². The van der Waals surface area contributed by atoms with Crippen LogP contribution in [0.25, 0.3) is 0 Å². The van der Waals surface area contributed by atoms with Crippen molar-refractivity contribution in [2.45, 2.75) is 18.7 Å². The van der Waals surface area contributed by atoms with Gasteiger partial charge in [-0.15, -0.1) is 0 Å². The number of carbonyl (C=O) groups excluding carboxylic acids is 1. The summed E-state index contributed by atoms with van der Waals surface area (Å²) in [5, 5.41) is 6.14. The van der Waals surface area contributed by atoms with Crippen molar-refractivity contribution in [3.05, 3.63) is 12.5 Å². The van der Waals surface area contributed by atoms with Gasteiger partial charge >= 0.3 is 0 Å². The second-order valence-electron chi connectivity index (χ2n) is 3.05. The molecule has 1 aromatic heterocycles. The summed E-state index contributed by atoms with van der Waals surface area (Å²) >= 11 is 3.29. The average Bonchev–Trinajstić information content (AvgIpc) is 2.55. The highest BCUT2D eigenvalue weighted by Crippen LogP contribution is 2.14. The molecule has 1 amide bonds. The lowest BCUT2D eigenvalue weighted by atomic mass is 10.1. The maximum atomic E-state index is 11.4. The zero-order valence-electron chi connectivity index (χ0n) is 7.45. The van der Waals surface area contributed by atoms with Crippen LogP contribution in [0.5, 0.6) is 0 Å². The smallest absolute Gasteiger partial charge is 0.238 e. The Morgan fingerprint density at radius 1 is 1.69 bits per heavy atom. The lowest BCUT2D eigenvalue weighted by molar-refractivity contribution is -0.116. The molecular weight excluding hydrogens is 236 g/mol. The van der Waals surface area contributed by atoms with Crippen molar-refractivity contribution >= 4 is 27.5 Å². The minimum Gasteiger partial charge on any atom is -0.363 e. The van der Waals surface area contributed by atoms with Gasteiger partial charge in [-0.1, -0.05) is 34.9 Å². The Bertz CT molecular complexity index is 272. The number of alkyl halides is 1. The van der Waals surface area contributed by atoms with E-state index in [2.05, 4.69) is 30.9 Å². The Labute approximate surface area is 84.8 Å². The first-order valence-corrected chi connectivity index (χ1v) is 4.87. The number of amides is 1. The highest BCUT2D eigenvalue weighted by Gasteiger charge is 2.18. The van der Waals surface area contributed by atoms with E-state index in [4.69, 9.17) is 0 Å². The van der Waals surface area contributed by atoms with E-state index in [1.54, 1.807) is 0 Å². The van der Waals surface area contributed by atoms with Crippen LogP contribution in [-0.2, 0) is 4.79 Å². The van der Waals surface area contributed by atoms with E-state index in [1.807, 2.05) is 13.8 Å². The first-order valence-electron chi connectivity index (χ1n) is 3.95. The minimum atomic E-state index is -0.192. The quantitative estimate of drug-likeness (QED) is 0.831. The predicted molar refractivity (Wildman–Crippen MR) is 52.7 cm³/mol. The Kier molecular flexibility index (Phi) is 3.48. The molecule has 0 aliphatic carbocycles. The fourth-order valence-electron chi connectivity index (χ4n) is 0.781. The molecule has 4 nitrogen and oxygen atoms in total. The minimum absolute atomic E-state index is 0.0850. The van der Waals surface area contributed by atoms with Crippen LogP contribution in [0.15, 0.2) is 17.0 Å². The van der Waals surface area contributed by atoms with Crippen molar-refractivity contribution < 1.29 is 9.32 Å². The lowest BCUT2D eigenvalue weighted by Crippen LogP contribution is -2.26. The third-order valence-electron chi connectivity index (χ3n) is 1.54. The third-order valence-corrected chi connectivity index (χ3v) is 3.01. The van der Waals surface area contributed by atoms with Crippen LogP contribution < -0.4 is 5.32 Å². The van der Waals surface area contributed by atoms with Gasteiger partial charge in [0.05, 0.1) is 11.0 Å². The summed E-state index contributed by atoms with van der Waals surface area (Å²) in [7, 11) is 0. The number of aromatic nitrogens is 1. The van der Waals surface area contributed by atoms with Gasteiger partial charge in [0.15, 0.2) is 0 Å². The largest absolute Gasteiger partial charge is 0.363 e. The number of nitrogens with zero attached hydrogens (tertiary/aromatic N) is 1. The average molecular weight is 247 g/mol. The summed E-state index contributed by atoms with van der Waals surface area (Å²) in [4.78, 5) is 11.2. The van der Waals surface area contributed by atoms with E-state index >= 15 is 0 Å². The molecule has 0 aliphatic heterocycles. The molecule has 1 N–H and O–H groups in total. The topological polar surface area (TPSA) is 55.1 Å².